The van der Waals surface area contributed by atoms with Crippen LogP contribution in [0.1, 0.15) is 0 Å². The average Bonchev–Trinajstić information content (AvgIpc) is 2.17. The number of hydrogen-bond donors (Lipinski definition) is 2. The quantitative estimate of drug-likeness (QED) is 0.783. The molecule has 9 heteroatoms. The minimum absolute atomic E-state index is 0.0291. The van der Waals surface area contributed by atoms with Crippen LogP contribution < -0.4 is 4.72 Å². The van der Waals surface area contributed by atoms with Crippen molar-refractivity contribution >= 4 is 33.4 Å². The smallest absolute Gasteiger partial charge is 0.320 e. The maximum atomic E-state index is 12.2. The molecule has 0 aliphatic rings. The van der Waals surface area contributed by atoms with E-state index >= 15 is 0 Å². The van der Waals surface area contributed by atoms with Gasteiger partial charge in [-0.25, -0.2) is 8.42 Å². The number of benzene rings is 1. The number of rotatable bonds is 6. The van der Waals surface area contributed by atoms with Gasteiger partial charge in [-0.2, -0.15) is 8.78 Å². The number of aliphatic carboxylic acids is 1. The van der Waals surface area contributed by atoms with Crippen molar-refractivity contribution < 1.29 is 27.1 Å². The molecule has 0 aliphatic carbocycles. The number of halogens is 2. The van der Waals surface area contributed by atoms with E-state index in [-0.39, 0.29) is 22.3 Å². The van der Waals surface area contributed by atoms with E-state index in [9.17, 15) is 22.0 Å². The highest BCUT2D eigenvalue weighted by Gasteiger charge is 2.18. The van der Waals surface area contributed by atoms with Crippen LogP contribution in [-0.2, 0) is 14.8 Å². The Morgan fingerprint density at radius 3 is 2.56 bits per heavy atom. The Kier molecular flexibility index (Phi) is 4.91. The summed E-state index contributed by atoms with van der Waals surface area (Å²) >= 11 is 0.177. The fraction of sp³-hybridized carbons (Fsp3) is 0.222. The lowest BCUT2D eigenvalue weighted by Crippen LogP contribution is -2.22. The molecule has 0 saturated carbocycles. The minimum Gasteiger partial charge on any atom is -0.480 e. The molecule has 18 heavy (non-hydrogen) atoms. The van der Waals surface area contributed by atoms with E-state index in [2.05, 4.69) is 0 Å². The zero-order chi connectivity index (χ0) is 13.8. The van der Waals surface area contributed by atoms with Crippen LogP contribution in [0, 0.1) is 0 Å². The van der Waals surface area contributed by atoms with Gasteiger partial charge in [0.2, 0.25) is 10.0 Å². The number of carboxylic acid groups (broad SMARTS) is 1. The van der Waals surface area contributed by atoms with E-state index < -0.39 is 27.5 Å². The second kappa shape index (κ2) is 6.01. The highest BCUT2D eigenvalue weighted by molar-refractivity contribution is 8.00. The SMILES string of the molecule is O=C(O)CS(=O)(=O)Nc1ccccc1SC(F)F. The first kappa shape index (κ1) is 14.7. The standard InChI is InChI=1S/C9H9F2NO4S2/c10-9(11)17-7-4-2-1-3-6(7)12-18(15,16)5-8(13)14/h1-4,9,12H,5H2,(H,13,14). The molecule has 5 nitrogen and oxygen atoms in total. The average molecular weight is 297 g/mol. The van der Waals surface area contributed by atoms with Crippen molar-refractivity contribution in [2.75, 3.05) is 10.5 Å². The summed E-state index contributed by atoms with van der Waals surface area (Å²) in [6.07, 6.45) is 0. The summed E-state index contributed by atoms with van der Waals surface area (Å²) in [5.74, 6) is -5.35. The Morgan fingerprint density at radius 2 is 2.00 bits per heavy atom. The summed E-state index contributed by atoms with van der Waals surface area (Å²) < 4.78 is 49.2. The number of para-hydroxylation sites is 1. The van der Waals surface area contributed by atoms with Crippen molar-refractivity contribution in [3.8, 4) is 0 Å². The summed E-state index contributed by atoms with van der Waals surface area (Å²) in [5, 5.41) is 8.40. The Morgan fingerprint density at radius 1 is 1.39 bits per heavy atom. The molecule has 0 saturated heterocycles. The number of hydrogen-bond acceptors (Lipinski definition) is 4. The highest BCUT2D eigenvalue weighted by Crippen LogP contribution is 2.32. The number of carbonyl (C=O) groups is 1. The molecule has 0 fully saturated rings. The Bertz CT molecular complexity index is 533. The number of thioether (sulfide) groups is 1. The topological polar surface area (TPSA) is 83.5 Å². The van der Waals surface area contributed by atoms with Gasteiger partial charge in [0.25, 0.3) is 5.76 Å². The van der Waals surface area contributed by atoms with Gasteiger partial charge in [0.1, 0.15) is 0 Å². The predicted octanol–water partition coefficient (Wildman–Crippen LogP) is 1.83. The predicted molar refractivity (Wildman–Crippen MR) is 63.3 cm³/mol. The summed E-state index contributed by atoms with van der Waals surface area (Å²) in [7, 11) is -4.10. The molecule has 0 heterocycles. The summed E-state index contributed by atoms with van der Waals surface area (Å²) in [5.41, 5.74) is -0.0657. The van der Waals surface area contributed by atoms with Crippen LogP contribution in [0.5, 0.6) is 0 Å². The lowest BCUT2D eigenvalue weighted by Gasteiger charge is -2.10. The van der Waals surface area contributed by atoms with Crippen LogP contribution in [-0.4, -0.2) is 31.0 Å². The third-order valence-electron chi connectivity index (χ3n) is 1.68. The molecule has 1 aromatic carbocycles. The molecule has 1 aromatic rings. The number of carboxylic acids is 1. The van der Waals surface area contributed by atoms with Gasteiger partial charge in [-0.1, -0.05) is 23.9 Å². The van der Waals surface area contributed by atoms with Gasteiger partial charge in [0.15, 0.2) is 5.75 Å². The fourth-order valence-electron chi connectivity index (χ4n) is 1.12. The normalized spacial score (nSPS) is 11.5. The van der Waals surface area contributed by atoms with E-state index in [0.29, 0.717) is 0 Å². The third-order valence-corrected chi connectivity index (χ3v) is 3.63. The summed E-state index contributed by atoms with van der Waals surface area (Å²) in [4.78, 5) is 10.4. The monoisotopic (exact) mass is 297 g/mol. The van der Waals surface area contributed by atoms with Gasteiger partial charge in [-0.3, -0.25) is 9.52 Å². The van der Waals surface area contributed by atoms with Crippen molar-refractivity contribution in [3.05, 3.63) is 24.3 Å². The lowest BCUT2D eigenvalue weighted by molar-refractivity contribution is -0.134. The first-order chi connectivity index (χ1) is 8.30. The zero-order valence-corrected chi connectivity index (χ0v) is 10.5. The summed E-state index contributed by atoms with van der Waals surface area (Å²) in [6, 6.07) is 5.52. The van der Waals surface area contributed by atoms with Gasteiger partial charge in [0.05, 0.1) is 5.69 Å². The van der Waals surface area contributed by atoms with Crippen LogP contribution in [0.4, 0.5) is 14.5 Å². The molecule has 0 atom stereocenters. The van der Waals surface area contributed by atoms with Gasteiger partial charge in [0, 0.05) is 4.90 Å². The van der Waals surface area contributed by atoms with Gasteiger partial charge >= 0.3 is 5.97 Å². The largest absolute Gasteiger partial charge is 0.480 e. The number of sulfonamides is 1. The van der Waals surface area contributed by atoms with Gasteiger partial charge in [-0.05, 0) is 12.1 Å². The molecule has 0 unspecified atom stereocenters. The molecule has 0 bridgehead atoms. The molecule has 0 aromatic heterocycles. The van der Waals surface area contributed by atoms with Crippen LogP contribution in [0.3, 0.4) is 0 Å². The Balaban J connectivity index is 2.93. The molecule has 100 valence electrons. The van der Waals surface area contributed by atoms with E-state index in [0.717, 1.165) is 0 Å². The van der Waals surface area contributed by atoms with E-state index in [4.69, 9.17) is 5.11 Å². The van der Waals surface area contributed by atoms with Crippen molar-refractivity contribution in [3.63, 3.8) is 0 Å². The Hall–Kier alpha value is -1.35. The first-order valence-corrected chi connectivity index (χ1v) is 7.09. The molecular formula is C9H9F2NO4S2. The molecular weight excluding hydrogens is 288 g/mol. The number of nitrogens with one attached hydrogen (secondary N) is 1. The van der Waals surface area contributed by atoms with Crippen molar-refractivity contribution in [1.82, 2.24) is 0 Å². The van der Waals surface area contributed by atoms with Crippen LogP contribution in [0.2, 0.25) is 0 Å². The van der Waals surface area contributed by atoms with Gasteiger partial charge < -0.3 is 5.11 Å². The van der Waals surface area contributed by atoms with Crippen LogP contribution >= 0.6 is 11.8 Å². The maximum absolute atomic E-state index is 12.2. The second-order valence-electron chi connectivity index (χ2n) is 3.13. The number of alkyl halides is 2. The Labute approximate surface area is 106 Å². The number of anilines is 1. The van der Waals surface area contributed by atoms with Crippen molar-refractivity contribution in [2.45, 2.75) is 10.7 Å². The second-order valence-corrected chi connectivity index (χ2v) is 5.88. The van der Waals surface area contributed by atoms with E-state index in [1.807, 2.05) is 4.72 Å². The molecule has 0 aliphatic heterocycles. The zero-order valence-electron chi connectivity index (χ0n) is 8.84. The fourth-order valence-corrected chi connectivity index (χ4v) is 2.69. The van der Waals surface area contributed by atoms with Crippen molar-refractivity contribution in [2.24, 2.45) is 0 Å². The molecule has 0 amide bonds. The minimum atomic E-state index is -4.10. The molecule has 0 radical (unpaired) electrons. The van der Waals surface area contributed by atoms with Crippen LogP contribution in [0.25, 0.3) is 0 Å². The first-order valence-electron chi connectivity index (χ1n) is 4.56. The van der Waals surface area contributed by atoms with E-state index in [1.54, 1.807) is 0 Å². The van der Waals surface area contributed by atoms with Gasteiger partial charge in [-0.15, -0.1) is 0 Å². The van der Waals surface area contributed by atoms with Crippen molar-refractivity contribution in [1.29, 1.82) is 0 Å². The molecule has 2 N–H and O–H groups in total. The molecule has 0 spiro atoms. The van der Waals surface area contributed by atoms with Crippen LogP contribution in [0.15, 0.2) is 29.2 Å². The summed E-state index contributed by atoms with van der Waals surface area (Å²) in [6.45, 7) is 0. The molecule has 1 rings (SSSR count). The maximum Gasteiger partial charge on any atom is 0.320 e. The lowest BCUT2D eigenvalue weighted by atomic mass is 10.3. The third kappa shape index (κ3) is 4.88. The highest BCUT2D eigenvalue weighted by atomic mass is 32.2. The van der Waals surface area contributed by atoms with E-state index in [1.165, 1.54) is 24.3 Å².